The normalized spacial score (nSPS) is 9.78. The highest BCUT2D eigenvalue weighted by atomic mass is 16.6. The van der Waals surface area contributed by atoms with Gasteiger partial charge in [0.05, 0.1) is 17.6 Å². The van der Waals surface area contributed by atoms with Crippen molar-refractivity contribution < 1.29 is 14.5 Å². The Hall–Kier alpha value is -2.35. The molecule has 0 radical (unpaired) electrons. The van der Waals surface area contributed by atoms with E-state index in [-0.39, 0.29) is 17.0 Å². The number of methoxy groups -OCH3 is 1. The van der Waals surface area contributed by atoms with Crippen LogP contribution in [0.15, 0.2) is 12.1 Å². The lowest BCUT2D eigenvalue weighted by molar-refractivity contribution is -0.384. The molecule has 0 spiro atoms. The molecular weight excluding hydrogens is 240 g/mol. The second kappa shape index (κ2) is 5.32. The molecule has 8 heteroatoms. The first-order valence-electron chi connectivity index (χ1n) is 4.97. The number of hydrogen-bond acceptors (Lipinski definition) is 6. The van der Waals surface area contributed by atoms with Crippen LogP contribution in [0.2, 0.25) is 0 Å². The SMILES string of the molecule is COc1cc(N(C)C)c([N+](=O)[O-])cc1C(=O)NN. The monoisotopic (exact) mass is 254 g/mol. The topological polar surface area (TPSA) is 111 Å². The summed E-state index contributed by atoms with van der Waals surface area (Å²) in [7, 11) is 4.68. The minimum atomic E-state index is -0.653. The highest BCUT2D eigenvalue weighted by molar-refractivity contribution is 5.98. The molecule has 0 bridgehead atoms. The number of ether oxygens (including phenoxy) is 1. The van der Waals surface area contributed by atoms with E-state index < -0.39 is 10.8 Å². The van der Waals surface area contributed by atoms with Gasteiger partial charge in [0.1, 0.15) is 11.4 Å². The van der Waals surface area contributed by atoms with E-state index in [1.54, 1.807) is 19.0 Å². The lowest BCUT2D eigenvalue weighted by Crippen LogP contribution is -2.30. The Morgan fingerprint density at radius 1 is 1.50 bits per heavy atom. The number of nitro groups is 1. The molecule has 0 saturated heterocycles. The van der Waals surface area contributed by atoms with E-state index in [4.69, 9.17) is 10.6 Å². The number of carbonyl (C=O) groups excluding carboxylic acids is 1. The maximum Gasteiger partial charge on any atom is 0.293 e. The summed E-state index contributed by atoms with van der Waals surface area (Å²) in [6, 6.07) is 2.55. The van der Waals surface area contributed by atoms with Crippen LogP contribution in [0.4, 0.5) is 11.4 Å². The molecule has 0 fully saturated rings. The van der Waals surface area contributed by atoms with Gasteiger partial charge in [-0.15, -0.1) is 0 Å². The zero-order valence-corrected chi connectivity index (χ0v) is 10.3. The average Bonchev–Trinajstić information content (AvgIpc) is 2.35. The predicted octanol–water partition coefficient (Wildman–Crippen LogP) is 0.273. The number of nitrogens with two attached hydrogens (primary N) is 1. The van der Waals surface area contributed by atoms with Gasteiger partial charge in [0.2, 0.25) is 0 Å². The van der Waals surface area contributed by atoms with Crippen molar-refractivity contribution in [3.05, 3.63) is 27.8 Å². The van der Waals surface area contributed by atoms with E-state index >= 15 is 0 Å². The maximum absolute atomic E-state index is 11.5. The highest BCUT2D eigenvalue weighted by Crippen LogP contribution is 2.34. The lowest BCUT2D eigenvalue weighted by atomic mass is 10.1. The Morgan fingerprint density at radius 3 is 2.50 bits per heavy atom. The van der Waals surface area contributed by atoms with Crippen LogP contribution < -0.4 is 20.9 Å². The van der Waals surface area contributed by atoms with Crippen molar-refractivity contribution in [3.8, 4) is 5.75 Å². The lowest BCUT2D eigenvalue weighted by Gasteiger charge is -2.15. The van der Waals surface area contributed by atoms with E-state index in [0.29, 0.717) is 5.69 Å². The van der Waals surface area contributed by atoms with Crippen LogP contribution in [0.1, 0.15) is 10.4 Å². The molecule has 0 aromatic heterocycles. The molecule has 3 N–H and O–H groups in total. The van der Waals surface area contributed by atoms with Crippen LogP contribution in [0.5, 0.6) is 5.75 Å². The Morgan fingerprint density at radius 2 is 2.11 bits per heavy atom. The molecule has 0 unspecified atom stereocenters. The smallest absolute Gasteiger partial charge is 0.293 e. The second-order valence-electron chi connectivity index (χ2n) is 3.67. The summed E-state index contributed by atoms with van der Waals surface area (Å²) in [4.78, 5) is 23.5. The first-order chi connectivity index (χ1) is 8.42. The molecule has 0 aliphatic heterocycles. The van der Waals surface area contributed by atoms with Crippen molar-refractivity contribution in [1.29, 1.82) is 0 Å². The van der Waals surface area contributed by atoms with Crippen LogP contribution >= 0.6 is 0 Å². The molecule has 1 rings (SSSR count). The van der Waals surface area contributed by atoms with Gasteiger partial charge in [-0.1, -0.05) is 0 Å². The molecule has 1 aromatic rings. The van der Waals surface area contributed by atoms with Gasteiger partial charge in [-0.2, -0.15) is 0 Å². The summed E-state index contributed by atoms with van der Waals surface area (Å²) in [6.07, 6.45) is 0. The largest absolute Gasteiger partial charge is 0.496 e. The van der Waals surface area contributed by atoms with Gasteiger partial charge in [0, 0.05) is 26.2 Å². The Bertz CT molecular complexity index is 487. The fourth-order valence-electron chi connectivity index (χ4n) is 1.49. The van der Waals surface area contributed by atoms with Gasteiger partial charge in [-0.3, -0.25) is 20.3 Å². The van der Waals surface area contributed by atoms with Gasteiger partial charge in [-0.05, 0) is 0 Å². The third-order valence-corrected chi connectivity index (χ3v) is 2.35. The maximum atomic E-state index is 11.5. The van der Waals surface area contributed by atoms with Crippen molar-refractivity contribution in [2.24, 2.45) is 5.84 Å². The first-order valence-corrected chi connectivity index (χ1v) is 4.97. The van der Waals surface area contributed by atoms with Crippen LogP contribution in [-0.4, -0.2) is 32.0 Å². The summed E-state index contributed by atoms with van der Waals surface area (Å²) in [5.74, 6) is 4.58. The average molecular weight is 254 g/mol. The molecule has 98 valence electrons. The molecule has 1 amide bonds. The molecule has 0 aliphatic rings. The minimum absolute atomic E-state index is 0.0114. The molecule has 0 atom stereocenters. The minimum Gasteiger partial charge on any atom is -0.496 e. The van der Waals surface area contributed by atoms with E-state index in [9.17, 15) is 14.9 Å². The number of hydrogen-bond donors (Lipinski definition) is 2. The molecule has 0 saturated carbocycles. The third kappa shape index (κ3) is 2.48. The molecule has 0 heterocycles. The summed E-state index contributed by atoms with van der Waals surface area (Å²) in [5.41, 5.74) is 2.07. The fourth-order valence-corrected chi connectivity index (χ4v) is 1.49. The number of anilines is 1. The number of amides is 1. The van der Waals surface area contributed by atoms with Gasteiger partial charge in [-0.25, -0.2) is 5.84 Å². The molecular formula is C10H14N4O4. The van der Waals surface area contributed by atoms with E-state index in [0.717, 1.165) is 6.07 Å². The van der Waals surface area contributed by atoms with Gasteiger partial charge >= 0.3 is 0 Å². The third-order valence-electron chi connectivity index (χ3n) is 2.35. The number of nitrogens with zero attached hydrogens (tertiary/aromatic N) is 2. The van der Waals surface area contributed by atoms with Gasteiger partial charge < -0.3 is 9.64 Å². The van der Waals surface area contributed by atoms with Crippen LogP contribution in [0.3, 0.4) is 0 Å². The highest BCUT2D eigenvalue weighted by Gasteiger charge is 2.23. The summed E-state index contributed by atoms with van der Waals surface area (Å²) >= 11 is 0. The molecule has 1 aromatic carbocycles. The van der Waals surface area contributed by atoms with Crippen molar-refractivity contribution >= 4 is 17.3 Å². The predicted molar refractivity (Wildman–Crippen MR) is 65.6 cm³/mol. The Labute approximate surface area is 103 Å². The number of rotatable bonds is 4. The molecule has 0 aliphatic carbocycles. The van der Waals surface area contributed by atoms with Crippen LogP contribution in [0, 0.1) is 10.1 Å². The Kier molecular flexibility index (Phi) is 4.05. The summed E-state index contributed by atoms with van der Waals surface area (Å²) in [5, 5.41) is 11.0. The zero-order chi connectivity index (χ0) is 13.9. The van der Waals surface area contributed by atoms with Crippen molar-refractivity contribution in [2.45, 2.75) is 0 Å². The van der Waals surface area contributed by atoms with Crippen molar-refractivity contribution in [2.75, 3.05) is 26.1 Å². The number of carbonyl (C=O) groups is 1. The van der Waals surface area contributed by atoms with E-state index in [2.05, 4.69) is 0 Å². The zero-order valence-electron chi connectivity index (χ0n) is 10.3. The number of nitrogen functional groups attached to an aromatic ring is 1. The second-order valence-corrected chi connectivity index (χ2v) is 3.67. The van der Waals surface area contributed by atoms with Gasteiger partial charge in [0.25, 0.3) is 11.6 Å². The quantitative estimate of drug-likeness (QED) is 0.345. The number of benzene rings is 1. The summed E-state index contributed by atoms with van der Waals surface area (Å²) < 4.78 is 5.03. The number of hydrazine groups is 1. The summed E-state index contributed by atoms with van der Waals surface area (Å²) in [6.45, 7) is 0. The number of nitro benzene ring substituents is 1. The Balaban J connectivity index is 3.51. The van der Waals surface area contributed by atoms with Crippen LogP contribution in [0.25, 0.3) is 0 Å². The molecule has 8 nitrogen and oxygen atoms in total. The first kappa shape index (κ1) is 13.7. The van der Waals surface area contributed by atoms with E-state index in [1.165, 1.54) is 13.2 Å². The number of nitrogens with one attached hydrogen (secondary N) is 1. The van der Waals surface area contributed by atoms with Crippen molar-refractivity contribution in [3.63, 3.8) is 0 Å². The van der Waals surface area contributed by atoms with Crippen molar-refractivity contribution in [1.82, 2.24) is 5.43 Å². The molecule has 18 heavy (non-hydrogen) atoms. The van der Waals surface area contributed by atoms with Gasteiger partial charge in [0.15, 0.2) is 0 Å². The van der Waals surface area contributed by atoms with Crippen LogP contribution in [-0.2, 0) is 0 Å². The van der Waals surface area contributed by atoms with E-state index in [1.807, 2.05) is 5.43 Å². The standard InChI is InChI=1S/C10H14N4O4/c1-13(2)7-5-9(18-3)6(10(15)12-11)4-8(7)14(16)17/h4-5H,11H2,1-3H3,(H,12,15). The fraction of sp³-hybridized carbons (Fsp3) is 0.300.